The largest absolute Gasteiger partial charge is 0.449 e. The monoisotopic (exact) mass is 271 g/mol. The number of hydrogen-bond acceptors (Lipinski definition) is 4. The van der Waals surface area contributed by atoms with Crippen molar-refractivity contribution in [2.45, 2.75) is 13.8 Å². The van der Waals surface area contributed by atoms with Crippen molar-refractivity contribution >= 4 is 29.3 Å². The smallest absolute Gasteiger partial charge is 0.426 e. The maximum atomic E-state index is 11.8. The molecule has 18 heavy (non-hydrogen) atoms. The van der Waals surface area contributed by atoms with Gasteiger partial charge < -0.3 is 10.5 Å². The fourth-order valence-electron chi connectivity index (χ4n) is 1.28. The molecule has 4 N–H and O–H groups in total. The molecule has 0 atom stereocenters. The van der Waals surface area contributed by atoms with Crippen molar-refractivity contribution in [2.75, 3.05) is 12.3 Å². The first-order chi connectivity index (χ1) is 8.45. The predicted molar refractivity (Wildman–Crippen MR) is 68.2 cm³/mol. The van der Waals surface area contributed by atoms with Gasteiger partial charge in [-0.1, -0.05) is 11.6 Å². The van der Waals surface area contributed by atoms with Crippen LogP contribution in [0.25, 0.3) is 0 Å². The zero-order chi connectivity index (χ0) is 13.7. The summed E-state index contributed by atoms with van der Waals surface area (Å²) in [4.78, 5) is 22.8. The second kappa shape index (κ2) is 6.11. The molecule has 0 heterocycles. The van der Waals surface area contributed by atoms with Crippen molar-refractivity contribution < 1.29 is 14.3 Å². The standard InChI is InChI=1S/C11H14ClN3O3/c1-3-18-11(17)15-14-10(16)8-5-7(12)4-6(2)9(8)13/h4-5H,3,13H2,1-2H3,(H,14,16)(H,15,17). The van der Waals surface area contributed by atoms with Gasteiger partial charge in [0.25, 0.3) is 5.91 Å². The van der Waals surface area contributed by atoms with E-state index >= 15 is 0 Å². The third-order valence-electron chi connectivity index (χ3n) is 2.15. The highest BCUT2D eigenvalue weighted by molar-refractivity contribution is 6.31. The lowest BCUT2D eigenvalue weighted by Gasteiger charge is -2.10. The molecule has 0 bridgehead atoms. The molecular formula is C11H14ClN3O3. The summed E-state index contributed by atoms with van der Waals surface area (Å²) < 4.78 is 4.58. The second-order valence-electron chi connectivity index (χ2n) is 3.48. The summed E-state index contributed by atoms with van der Waals surface area (Å²) in [5, 5.41) is 0.392. The van der Waals surface area contributed by atoms with E-state index in [0.717, 1.165) is 0 Å². The highest BCUT2D eigenvalue weighted by Crippen LogP contribution is 2.22. The zero-order valence-corrected chi connectivity index (χ0v) is 10.8. The lowest BCUT2D eigenvalue weighted by Crippen LogP contribution is -2.42. The number of halogens is 1. The number of aryl methyl sites for hydroxylation is 1. The molecule has 0 fully saturated rings. The average molecular weight is 272 g/mol. The highest BCUT2D eigenvalue weighted by atomic mass is 35.5. The molecular weight excluding hydrogens is 258 g/mol. The van der Waals surface area contributed by atoms with Crippen LogP contribution in [0.15, 0.2) is 12.1 Å². The number of nitrogen functional groups attached to an aromatic ring is 1. The average Bonchev–Trinajstić information content (AvgIpc) is 2.31. The topological polar surface area (TPSA) is 93.5 Å². The molecule has 0 aliphatic carbocycles. The molecule has 1 aromatic carbocycles. The number of ether oxygens (including phenoxy) is 1. The molecule has 6 nitrogen and oxygen atoms in total. The maximum Gasteiger partial charge on any atom is 0.426 e. The van der Waals surface area contributed by atoms with Gasteiger partial charge in [-0.2, -0.15) is 0 Å². The van der Waals surface area contributed by atoms with Gasteiger partial charge in [0.15, 0.2) is 0 Å². The van der Waals surface area contributed by atoms with E-state index in [2.05, 4.69) is 15.6 Å². The number of carbonyl (C=O) groups is 2. The van der Waals surface area contributed by atoms with Crippen LogP contribution in [0, 0.1) is 6.92 Å². The highest BCUT2D eigenvalue weighted by Gasteiger charge is 2.13. The van der Waals surface area contributed by atoms with E-state index < -0.39 is 12.0 Å². The lowest BCUT2D eigenvalue weighted by molar-refractivity contribution is 0.0913. The molecule has 0 saturated heterocycles. The van der Waals surface area contributed by atoms with Crippen LogP contribution >= 0.6 is 11.6 Å². The fraction of sp³-hybridized carbons (Fsp3) is 0.273. The summed E-state index contributed by atoms with van der Waals surface area (Å²) in [5.41, 5.74) is 11.2. The number of nitrogens with two attached hydrogens (primary N) is 1. The van der Waals surface area contributed by atoms with E-state index in [1.54, 1.807) is 19.9 Å². The van der Waals surface area contributed by atoms with E-state index in [9.17, 15) is 9.59 Å². The van der Waals surface area contributed by atoms with Crippen LogP contribution in [0.4, 0.5) is 10.5 Å². The first kappa shape index (κ1) is 14.1. The summed E-state index contributed by atoms with van der Waals surface area (Å²) in [5.74, 6) is -0.564. The summed E-state index contributed by atoms with van der Waals surface area (Å²) in [6.45, 7) is 3.59. The predicted octanol–water partition coefficient (Wildman–Crippen LogP) is 1.62. The lowest BCUT2D eigenvalue weighted by atomic mass is 10.1. The fourth-order valence-corrected chi connectivity index (χ4v) is 1.56. The molecule has 1 aromatic rings. The van der Waals surface area contributed by atoms with Crippen LogP contribution in [0.3, 0.4) is 0 Å². The van der Waals surface area contributed by atoms with Crippen LogP contribution in [0.2, 0.25) is 5.02 Å². The summed E-state index contributed by atoms with van der Waals surface area (Å²) in [6, 6.07) is 3.07. The Bertz CT molecular complexity index is 477. The molecule has 0 radical (unpaired) electrons. The Morgan fingerprint density at radius 1 is 1.39 bits per heavy atom. The van der Waals surface area contributed by atoms with E-state index in [1.165, 1.54) is 6.07 Å². The van der Waals surface area contributed by atoms with Crippen LogP contribution in [0.1, 0.15) is 22.8 Å². The molecule has 0 aliphatic rings. The zero-order valence-electron chi connectivity index (χ0n) is 10.0. The summed E-state index contributed by atoms with van der Waals surface area (Å²) >= 11 is 5.83. The van der Waals surface area contributed by atoms with E-state index in [1.807, 2.05) is 0 Å². The number of hydrazine groups is 1. The van der Waals surface area contributed by atoms with Gasteiger partial charge in [-0.25, -0.2) is 10.2 Å². The number of benzene rings is 1. The second-order valence-corrected chi connectivity index (χ2v) is 3.92. The number of anilines is 1. The summed E-state index contributed by atoms with van der Waals surface area (Å²) in [7, 11) is 0. The first-order valence-corrected chi connectivity index (χ1v) is 5.62. The molecule has 0 aliphatic heterocycles. The van der Waals surface area contributed by atoms with Crippen molar-refractivity contribution in [3.05, 3.63) is 28.3 Å². The van der Waals surface area contributed by atoms with Crippen molar-refractivity contribution in [1.82, 2.24) is 10.9 Å². The van der Waals surface area contributed by atoms with Crippen molar-refractivity contribution in [1.29, 1.82) is 0 Å². The number of hydrogen-bond donors (Lipinski definition) is 3. The molecule has 2 amide bonds. The van der Waals surface area contributed by atoms with Gasteiger partial charge in [0.05, 0.1) is 12.2 Å². The van der Waals surface area contributed by atoms with Crippen LogP contribution in [-0.4, -0.2) is 18.6 Å². The van der Waals surface area contributed by atoms with Crippen LogP contribution in [-0.2, 0) is 4.74 Å². The van der Waals surface area contributed by atoms with Crippen LogP contribution in [0.5, 0.6) is 0 Å². The maximum absolute atomic E-state index is 11.8. The number of nitrogens with one attached hydrogen (secondary N) is 2. The minimum Gasteiger partial charge on any atom is -0.449 e. The summed E-state index contributed by atoms with van der Waals surface area (Å²) in [6.07, 6.45) is -0.747. The van der Waals surface area contributed by atoms with E-state index in [4.69, 9.17) is 17.3 Å². The quantitative estimate of drug-likeness (QED) is 0.563. The SMILES string of the molecule is CCOC(=O)NNC(=O)c1cc(Cl)cc(C)c1N. The molecule has 98 valence electrons. The molecule has 0 spiro atoms. The molecule has 7 heteroatoms. The normalized spacial score (nSPS) is 9.72. The van der Waals surface area contributed by atoms with Gasteiger partial charge in [-0.3, -0.25) is 10.2 Å². The number of rotatable bonds is 2. The molecule has 0 saturated carbocycles. The third kappa shape index (κ3) is 3.53. The minimum atomic E-state index is -0.747. The number of carbonyl (C=O) groups excluding carboxylic acids is 2. The Labute approximate surface area is 109 Å². The molecule has 0 unspecified atom stereocenters. The Balaban J connectivity index is 2.76. The Hall–Kier alpha value is -1.95. The first-order valence-electron chi connectivity index (χ1n) is 5.24. The van der Waals surface area contributed by atoms with Crippen molar-refractivity contribution in [3.8, 4) is 0 Å². The van der Waals surface area contributed by atoms with Gasteiger partial charge in [-0.15, -0.1) is 0 Å². The van der Waals surface area contributed by atoms with Crippen LogP contribution < -0.4 is 16.6 Å². The van der Waals surface area contributed by atoms with Crippen molar-refractivity contribution in [3.63, 3.8) is 0 Å². The van der Waals surface area contributed by atoms with Gasteiger partial charge in [0.1, 0.15) is 0 Å². The van der Waals surface area contributed by atoms with E-state index in [0.29, 0.717) is 16.3 Å². The van der Waals surface area contributed by atoms with Gasteiger partial charge in [-0.05, 0) is 31.5 Å². The Kier molecular flexibility index (Phi) is 4.79. The molecule has 0 aromatic heterocycles. The third-order valence-corrected chi connectivity index (χ3v) is 2.37. The Morgan fingerprint density at radius 2 is 2.06 bits per heavy atom. The van der Waals surface area contributed by atoms with Gasteiger partial charge in [0, 0.05) is 10.7 Å². The molecule has 1 rings (SSSR count). The van der Waals surface area contributed by atoms with Gasteiger partial charge in [0.2, 0.25) is 0 Å². The van der Waals surface area contributed by atoms with E-state index in [-0.39, 0.29) is 12.2 Å². The van der Waals surface area contributed by atoms with Gasteiger partial charge >= 0.3 is 6.09 Å². The minimum absolute atomic E-state index is 0.191. The number of amides is 2. The van der Waals surface area contributed by atoms with Crippen molar-refractivity contribution in [2.24, 2.45) is 0 Å². The Morgan fingerprint density at radius 3 is 2.67 bits per heavy atom.